The van der Waals surface area contributed by atoms with Crippen molar-refractivity contribution in [1.29, 1.82) is 0 Å². The molecule has 2 saturated carbocycles. The molecule has 18 heteroatoms. The van der Waals surface area contributed by atoms with Gasteiger partial charge in [-0.25, -0.2) is 4.79 Å². The van der Waals surface area contributed by atoms with Crippen molar-refractivity contribution in [2.75, 3.05) is 13.2 Å². The van der Waals surface area contributed by atoms with E-state index in [0.29, 0.717) is 0 Å². The minimum atomic E-state index is -2.80. The number of aromatic nitrogens is 1. The number of rotatable bonds is 6. The zero-order chi connectivity index (χ0) is 40.1. The Morgan fingerprint density at radius 3 is 2.09 bits per heavy atom. The molecule has 294 valence electrons. The Kier molecular flexibility index (Phi) is 10.7. The van der Waals surface area contributed by atoms with E-state index in [9.17, 15) is 38.7 Å². The summed E-state index contributed by atoms with van der Waals surface area (Å²) in [6, 6.07) is 2.93. The first-order chi connectivity index (χ1) is 25.1. The molecule has 0 aromatic carbocycles. The Labute approximate surface area is 309 Å². The summed E-state index contributed by atoms with van der Waals surface area (Å²) < 4.78 is 47.2. The van der Waals surface area contributed by atoms with Gasteiger partial charge in [0.25, 0.3) is 0 Å². The predicted octanol–water partition coefficient (Wildman–Crippen LogP) is 0.500. The van der Waals surface area contributed by atoms with Crippen LogP contribution in [0.15, 0.2) is 18.3 Å². The molecule has 2 aliphatic heterocycles. The van der Waals surface area contributed by atoms with Crippen LogP contribution in [0.1, 0.15) is 77.9 Å². The summed E-state index contributed by atoms with van der Waals surface area (Å²) in [5.74, 6) is -10.9. The summed E-state index contributed by atoms with van der Waals surface area (Å²) >= 11 is 0. The molecule has 1 aromatic rings. The number of ketones is 1. The van der Waals surface area contributed by atoms with Crippen molar-refractivity contribution in [2.24, 2.45) is 17.3 Å². The summed E-state index contributed by atoms with van der Waals surface area (Å²) in [4.78, 5) is 111. The fraction of sp³-hybridized carbons (Fsp3) is 0.639. The molecule has 3 fully saturated rings. The molecule has 0 unspecified atom stereocenters. The maximum atomic E-state index is 15.1. The number of aryl methyl sites for hydroxylation is 1. The third kappa shape index (κ3) is 6.37. The van der Waals surface area contributed by atoms with Crippen molar-refractivity contribution in [1.82, 2.24) is 4.98 Å². The quantitative estimate of drug-likeness (QED) is 0.306. The van der Waals surface area contributed by atoms with Crippen molar-refractivity contribution in [3.05, 3.63) is 29.6 Å². The van der Waals surface area contributed by atoms with Crippen LogP contribution in [0.2, 0.25) is 0 Å². The molecule has 3 heterocycles. The van der Waals surface area contributed by atoms with Crippen LogP contribution >= 0.6 is 0 Å². The van der Waals surface area contributed by atoms with Gasteiger partial charge in [-0.2, -0.15) is 0 Å². The summed E-state index contributed by atoms with van der Waals surface area (Å²) in [5, 5.41) is 13.2. The van der Waals surface area contributed by atoms with Crippen molar-refractivity contribution in [3.8, 4) is 0 Å². The fourth-order valence-corrected chi connectivity index (χ4v) is 8.61. The number of cyclic esters (lactones) is 1. The Hall–Kier alpha value is -4.97. The first-order valence-electron chi connectivity index (χ1n) is 17.2. The molecule has 4 bridgehead atoms. The molecular weight excluding hydrogens is 718 g/mol. The molecule has 18 nitrogen and oxygen atoms in total. The Morgan fingerprint density at radius 1 is 0.889 bits per heavy atom. The van der Waals surface area contributed by atoms with E-state index in [4.69, 9.17) is 37.9 Å². The van der Waals surface area contributed by atoms with E-state index >= 15 is 4.79 Å². The molecule has 0 amide bonds. The molecule has 11 atom stereocenters. The van der Waals surface area contributed by atoms with Gasteiger partial charge in [-0.05, 0) is 38.8 Å². The highest BCUT2D eigenvalue weighted by Gasteiger charge is 2.91. The molecule has 5 rings (SSSR count). The van der Waals surface area contributed by atoms with Crippen LogP contribution in [0.4, 0.5) is 0 Å². The van der Waals surface area contributed by atoms with E-state index in [0.717, 1.165) is 41.5 Å². The second-order valence-corrected chi connectivity index (χ2v) is 14.5. The van der Waals surface area contributed by atoms with Gasteiger partial charge < -0.3 is 43.0 Å². The average molecular weight is 762 g/mol. The lowest BCUT2D eigenvalue weighted by atomic mass is 9.45. The monoisotopic (exact) mass is 761 g/mol. The number of Topliss-reactive ketones (excluding diaryl/α,β-unsaturated/α-hetero) is 1. The van der Waals surface area contributed by atoms with E-state index in [-0.39, 0.29) is 24.1 Å². The second-order valence-electron chi connectivity index (χ2n) is 14.5. The Balaban J connectivity index is 1.94. The fourth-order valence-electron chi connectivity index (χ4n) is 8.61. The van der Waals surface area contributed by atoms with E-state index in [2.05, 4.69) is 4.98 Å². The number of aliphatic hydroxyl groups is 1. The summed E-state index contributed by atoms with van der Waals surface area (Å²) in [7, 11) is 0. The van der Waals surface area contributed by atoms with Crippen molar-refractivity contribution in [2.45, 2.75) is 116 Å². The topological polar surface area (TPSA) is 244 Å². The zero-order valence-electron chi connectivity index (χ0n) is 31.0. The smallest absolute Gasteiger partial charge is 0.340 e. The third-order valence-corrected chi connectivity index (χ3v) is 10.6. The molecule has 1 N–H and O–H groups in total. The van der Waals surface area contributed by atoms with Gasteiger partial charge in [0.1, 0.15) is 35.9 Å². The van der Waals surface area contributed by atoms with E-state index in [1.165, 1.54) is 32.2 Å². The van der Waals surface area contributed by atoms with Crippen LogP contribution in [0.5, 0.6) is 0 Å². The molecule has 1 saturated heterocycles. The first-order valence-corrected chi connectivity index (χ1v) is 17.2. The highest BCUT2D eigenvalue weighted by atomic mass is 16.7. The maximum Gasteiger partial charge on any atom is 0.340 e. The lowest BCUT2D eigenvalue weighted by molar-refractivity contribution is -0.376. The number of esters is 7. The number of carbonyl (C=O) groups is 8. The van der Waals surface area contributed by atoms with Crippen LogP contribution in [0.25, 0.3) is 0 Å². The van der Waals surface area contributed by atoms with Crippen molar-refractivity contribution in [3.63, 3.8) is 0 Å². The minimum Gasteiger partial charge on any atom is -0.465 e. The van der Waals surface area contributed by atoms with Crippen molar-refractivity contribution >= 4 is 47.6 Å². The summed E-state index contributed by atoms with van der Waals surface area (Å²) in [6.07, 6.45) is -8.78. The number of pyridine rings is 1. The number of hydrogen-bond acceptors (Lipinski definition) is 18. The zero-order valence-corrected chi connectivity index (χ0v) is 31.0. The van der Waals surface area contributed by atoms with E-state index in [1.54, 1.807) is 0 Å². The lowest BCUT2D eigenvalue weighted by Crippen LogP contribution is -2.88. The summed E-state index contributed by atoms with van der Waals surface area (Å²) in [6.45, 7) is 6.87. The van der Waals surface area contributed by atoms with E-state index in [1.807, 2.05) is 0 Å². The molecule has 1 spiro atoms. The molecule has 4 aliphatic rings. The minimum absolute atomic E-state index is 0.0242. The number of ether oxygens (including phenoxy) is 8. The van der Waals surface area contributed by atoms with Crippen LogP contribution < -0.4 is 0 Å². The van der Waals surface area contributed by atoms with Crippen LogP contribution in [0.3, 0.4) is 0 Å². The van der Waals surface area contributed by atoms with Crippen LogP contribution in [-0.4, -0.2) is 118 Å². The lowest BCUT2D eigenvalue weighted by Gasteiger charge is -2.66. The van der Waals surface area contributed by atoms with Gasteiger partial charge in [0.15, 0.2) is 35.8 Å². The van der Waals surface area contributed by atoms with Gasteiger partial charge >= 0.3 is 41.8 Å². The predicted molar refractivity (Wildman–Crippen MR) is 175 cm³/mol. The van der Waals surface area contributed by atoms with Crippen LogP contribution in [0, 0.1) is 17.3 Å². The highest BCUT2D eigenvalue weighted by molar-refractivity contribution is 5.94. The Morgan fingerprint density at radius 2 is 1.50 bits per heavy atom. The third-order valence-electron chi connectivity index (χ3n) is 10.6. The van der Waals surface area contributed by atoms with Gasteiger partial charge in [0, 0.05) is 40.8 Å². The standard InChI is InChI=1S/C36H43NO17/c1-16-11-12-23-22(10-9-13-37-23)32(45)48-14-33(7)24-25(43)28(51-20(5)41)35(15-47-17(2)38)30(52-21(6)42)26(49-18(3)39)29(53-31(16)44)34(8,46)36(35,54-33)27(24)50-19(4)40/h9-10,13,16,24,26-30,46H,11-12,14-15H2,1-8H3/t16-,24-,26-,27+,28+,29-,30-,33-,34-,35+,36-/m0/s1. The largest absolute Gasteiger partial charge is 0.465 e. The molecule has 2 aliphatic carbocycles. The van der Waals surface area contributed by atoms with Gasteiger partial charge in [0.05, 0.1) is 23.1 Å². The normalized spacial score (nSPS) is 37.3. The first kappa shape index (κ1) is 40.2. The Bertz CT molecular complexity index is 1770. The number of carbonyl (C=O) groups excluding carboxylic acids is 8. The molecular formula is C36H43NO17. The van der Waals surface area contributed by atoms with Gasteiger partial charge in [-0.1, -0.05) is 6.92 Å². The maximum absolute atomic E-state index is 15.1. The van der Waals surface area contributed by atoms with Gasteiger partial charge in [-0.15, -0.1) is 0 Å². The van der Waals surface area contributed by atoms with Crippen molar-refractivity contribution < 1.29 is 81.4 Å². The van der Waals surface area contributed by atoms with E-state index < -0.39 is 125 Å². The molecule has 0 radical (unpaired) electrons. The highest BCUT2D eigenvalue weighted by Crippen LogP contribution is 2.68. The van der Waals surface area contributed by atoms with Crippen LogP contribution in [-0.2, 0) is 77.9 Å². The average Bonchev–Trinajstić information content (AvgIpc) is 3.29. The number of fused-ring (bicyclic) bond motifs is 5. The van der Waals surface area contributed by atoms with Gasteiger partial charge in [0.2, 0.25) is 0 Å². The second kappa shape index (κ2) is 14.4. The number of nitrogens with zero attached hydrogens (tertiary/aromatic N) is 1. The molecule has 1 aromatic heterocycles. The molecule has 54 heavy (non-hydrogen) atoms. The SMILES string of the molecule is CC(=O)OC[C@]12[C@H](OC(C)=O)C(=O)[C@H]3[C@@H](OC(C)=O)[C@@]14O[C@@]3(C)COC(=O)c1cccnc1CC[C@H](C)C(=O)O[C@@H]([C@H](OC(C)=O)[C@@H]2OC(C)=O)[C@]4(C)O. The van der Waals surface area contributed by atoms with Gasteiger partial charge in [-0.3, -0.25) is 38.5 Å². The number of hydrogen-bond donors (Lipinski definition) is 1. The summed E-state index contributed by atoms with van der Waals surface area (Å²) in [5.41, 5.74) is -10.0.